The number of anilines is 2. The molecule has 0 saturated heterocycles. The molecule has 0 heterocycles. The lowest BCUT2D eigenvalue weighted by Gasteiger charge is -2.15. The predicted molar refractivity (Wildman–Crippen MR) is 112 cm³/mol. The van der Waals surface area contributed by atoms with Crippen LogP contribution in [0.2, 0.25) is 0 Å². The van der Waals surface area contributed by atoms with Crippen LogP contribution in [0.4, 0.5) is 15.8 Å². The van der Waals surface area contributed by atoms with E-state index in [4.69, 9.17) is 4.74 Å². The third-order valence-electron chi connectivity index (χ3n) is 3.90. The smallest absolute Gasteiger partial charge is 0.316 e. The summed E-state index contributed by atoms with van der Waals surface area (Å²) in [5.74, 6) is -1.78. The molecule has 0 aliphatic carbocycles. The number of carbonyl (C=O) groups excluding carboxylic acids is 3. The van der Waals surface area contributed by atoms with Gasteiger partial charge in [-0.15, -0.1) is 11.8 Å². The largest absolute Gasteiger partial charge is 0.452 e. The fourth-order valence-corrected chi connectivity index (χ4v) is 3.02. The number of aryl methyl sites for hydroxylation is 2. The molecule has 6 nitrogen and oxygen atoms in total. The third-order valence-corrected chi connectivity index (χ3v) is 4.80. The zero-order valence-electron chi connectivity index (χ0n) is 16.5. The number of esters is 1. The second kappa shape index (κ2) is 10.6. The van der Waals surface area contributed by atoms with Crippen molar-refractivity contribution in [2.75, 3.05) is 22.1 Å². The number of benzene rings is 2. The van der Waals surface area contributed by atoms with E-state index in [0.29, 0.717) is 11.4 Å². The van der Waals surface area contributed by atoms with Gasteiger partial charge in [0.2, 0.25) is 5.91 Å². The molecule has 29 heavy (non-hydrogen) atoms. The molecule has 1 atom stereocenters. The average Bonchev–Trinajstić information content (AvgIpc) is 2.65. The summed E-state index contributed by atoms with van der Waals surface area (Å²) in [5.41, 5.74) is 3.13. The van der Waals surface area contributed by atoms with E-state index in [9.17, 15) is 18.8 Å². The topological polar surface area (TPSA) is 84.5 Å². The SMILES string of the molecule is Cc1ccc(NC(=O)[C@@H](C)OC(=O)CSCC(=O)Nc2ccc(F)cc2)c(C)c1. The molecule has 0 fully saturated rings. The van der Waals surface area contributed by atoms with Gasteiger partial charge in [-0.05, 0) is 56.7 Å². The fraction of sp³-hybridized carbons (Fsp3) is 0.286. The Bertz CT molecular complexity index is 887. The van der Waals surface area contributed by atoms with Gasteiger partial charge in [0, 0.05) is 11.4 Å². The molecule has 154 valence electrons. The van der Waals surface area contributed by atoms with E-state index in [1.54, 1.807) is 6.07 Å². The van der Waals surface area contributed by atoms with E-state index in [2.05, 4.69) is 10.6 Å². The molecule has 0 radical (unpaired) electrons. The molecule has 2 N–H and O–H groups in total. The molecule has 0 aromatic heterocycles. The van der Waals surface area contributed by atoms with Gasteiger partial charge in [0.1, 0.15) is 5.82 Å². The highest BCUT2D eigenvalue weighted by Crippen LogP contribution is 2.16. The third kappa shape index (κ3) is 7.57. The van der Waals surface area contributed by atoms with Gasteiger partial charge in [0.15, 0.2) is 6.10 Å². The molecule has 2 rings (SSSR count). The van der Waals surface area contributed by atoms with Crippen molar-refractivity contribution in [1.82, 2.24) is 0 Å². The lowest BCUT2D eigenvalue weighted by molar-refractivity contribution is -0.150. The maximum absolute atomic E-state index is 12.8. The maximum atomic E-state index is 12.8. The molecule has 0 saturated carbocycles. The summed E-state index contributed by atoms with van der Waals surface area (Å²) in [5, 5.41) is 5.33. The highest BCUT2D eigenvalue weighted by molar-refractivity contribution is 8.00. The van der Waals surface area contributed by atoms with Gasteiger partial charge < -0.3 is 15.4 Å². The summed E-state index contributed by atoms with van der Waals surface area (Å²) in [7, 11) is 0. The zero-order valence-corrected chi connectivity index (χ0v) is 17.3. The van der Waals surface area contributed by atoms with Crippen molar-refractivity contribution in [3.8, 4) is 0 Å². The van der Waals surface area contributed by atoms with Crippen molar-refractivity contribution in [1.29, 1.82) is 0 Å². The van der Waals surface area contributed by atoms with Crippen LogP contribution >= 0.6 is 11.8 Å². The van der Waals surface area contributed by atoms with Gasteiger partial charge in [-0.3, -0.25) is 14.4 Å². The van der Waals surface area contributed by atoms with E-state index in [-0.39, 0.29) is 17.4 Å². The van der Waals surface area contributed by atoms with Gasteiger partial charge in [0.05, 0.1) is 11.5 Å². The predicted octanol–water partition coefficient (Wildman–Crippen LogP) is 3.68. The molecule has 0 aliphatic heterocycles. The van der Waals surface area contributed by atoms with Gasteiger partial charge in [0.25, 0.3) is 5.91 Å². The number of ether oxygens (including phenoxy) is 1. The van der Waals surface area contributed by atoms with Crippen LogP contribution in [0.15, 0.2) is 42.5 Å². The number of nitrogens with one attached hydrogen (secondary N) is 2. The number of rotatable bonds is 8. The standard InChI is InChI=1S/C21H23FN2O4S/c1-13-4-9-18(14(2)10-13)24-21(27)15(3)28-20(26)12-29-11-19(25)23-17-7-5-16(22)6-8-17/h4-10,15H,11-12H2,1-3H3,(H,23,25)(H,24,27)/t15-/m1/s1. The molecular formula is C21H23FN2O4S. The summed E-state index contributed by atoms with van der Waals surface area (Å²) in [6.07, 6.45) is -0.961. The van der Waals surface area contributed by atoms with Crippen LogP contribution in [0, 0.1) is 19.7 Å². The van der Waals surface area contributed by atoms with Crippen molar-refractivity contribution < 1.29 is 23.5 Å². The number of thioether (sulfide) groups is 1. The highest BCUT2D eigenvalue weighted by atomic mass is 32.2. The first kappa shape index (κ1) is 22.4. The van der Waals surface area contributed by atoms with Crippen molar-refractivity contribution in [3.05, 3.63) is 59.4 Å². The van der Waals surface area contributed by atoms with E-state index < -0.39 is 23.8 Å². The Balaban J connectivity index is 1.71. The van der Waals surface area contributed by atoms with Crippen LogP contribution in [0.25, 0.3) is 0 Å². The van der Waals surface area contributed by atoms with Crippen LogP contribution in [0.1, 0.15) is 18.1 Å². The van der Waals surface area contributed by atoms with E-state index in [1.807, 2.05) is 26.0 Å². The Hall–Kier alpha value is -2.87. The zero-order chi connectivity index (χ0) is 21.4. The van der Waals surface area contributed by atoms with Crippen LogP contribution < -0.4 is 10.6 Å². The minimum atomic E-state index is -0.961. The van der Waals surface area contributed by atoms with Crippen molar-refractivity contribution in [2.24, 2.45) is 0 Å². The Labute approximate surface area is 173 Å². The fourth-order valence-electron chi connectivity index (χ4n) is 2.43. The Kier molecular flexibility index (Phi) is 8.21. The minimum absolute atomic E-state index is 0.0234. The van der Waals surface area contributed by atoms with E-state index >= 15 is 0 Å². The monoisotopic (exact) mass is 418 g/mol. The summed E-state index contributed by atoms with van der Waals surface area (Å²) in [6.45, 7) is 5.33. The maximum Gasteiger partial charge on any atom is 0.316 e. The summed E-state index contributed by atoms with van der Waals surface area (Å²) >= 11 is 1.06. The molecular weight excluding hydrogens is 395 g/mol. The van der Waals surface area contributed by atoms with Crippen LogP contribution in [-0.2, 0) is 19.1 Å². The first-order valence-corrected chi connectivity index (χ1v) is 10.1. The molecule has 8 heteroatoms. The Morgan fingerprint density at radius 2 is 1.72 bits per heavy atom. The highest BCUT2D eigenvalue weighted by Gasteiger charge is 2.19. The second-order valence-electron chi connectivity index (χ2n) is 6.49. The van der Waals surface area contributed by atoms with Crippen LogP contribution in [0.5, 0.6) is 0 Å². The minimum Gasteiger partial charge on any atom is -0.452 e. The van der Waals surface area contributed by atoms with Gasteiger partial charge in [-0.25, -0.2) is 4.39 Å². The first-order chi connectivity index (χ1) is 13.7. The van der Waals surface area contributed by atoms with Gasteiger partial charge in [-0.2, -0.15) is 0 Å². The number of halogens is 1. The van der Waals surface area contributed by atoms with Crippen LogP contribution in [0.3, 0.4) is 0 Å². The molecule has 2 aromatic carbocycles. The normalized spacial score (nSPS) is 11.4. The van der Waals surface area contributed by atoms with Gasteiger partial charge >= 0.3 is 5.97 Å². The average molecular weight is 418 g/mol. The quantitative estimate of drug-likeness (QED) is 0.639. The number of hydrogen-bond acceptors (Lipinski definition) is 5. The second-order valence-corrected chi connectivity index (χ2v) is 7.47. The van der Waals surface area contributed by atoms with E-state index in [1.165, 1.54) is 31.2 Å². The first-order valence-electron chi connectivity index (χ1n) is 8.95. The lowest BCUT2D eigenvalue weighted by atomic mass is 10.1. The van der Waals surface area contributed by atoms with Crippen molar-refractivity contribution in [3.63, 3.8) is 0 Å². The van der Waals surface area contributed by atoms with Gasteiger partial charge in [-0.1, -0.05) is 17.7 Å². The van der Waals surface area contributed by atoms with Crippen molar-refractivity contribution in [2.45, 2.75) is 26.9 Å². The summed E-state index contributed by atoms with van der Waals surface area (Å²) < 4.78 is 18.0. The van der Waals surface area contributed by atoms with E-state index in [0.717, 1.165) is 22.9 Å². The van der Waals surface area contributed by atoms with Crippen LogP contribution in [-0.4, -0.2) is 35.4 Å². The number of hydrogen-bond donors (Lipinski definition) is 2. The lowest BCUT2D eigenvalue weighted by Crippen LogP contribution is -2.31. The number of amides is 2. The molecule has 0 spiro atoms. The molecule has 0 aliphatic rings. The van der Waals surface area contributed by atoms with Crippen molar-refractivity contribution >= 4 is 40.9 Å². The molecule has 0 bridgehead atoms. The summed E-state index contributed by atoms with van der Waals surface area (Å²) in [6, 6.07) is 11.0. The number of carbonyl (C=O) groups is 3. The molecule has 2 amide bonds. The Morgan fingerprint density at radius 1 is 1.03 bits per heavy atom. The summed E-state index contributed by atoms with van der Waals surface area (Å²) in [4.78, 5) is 35.9. The molecule has 0 unspecified atom stereocenters. The molecule has 2 aromatic rings. The Morgan fingerprint density at radius 3 is 2.38 bits per heavy atom.